The van der Waals surface area contributed by atoms with E-state index in [1.807, 2.05) is 12.1 Å². The monoisotopic (exact) mass is 432 g/mol. The van der Waals surface area contributed by atoms with Crippen LogP contribution in [0, 0.1) is 5.41 Å². The summed E-state index contributed by atoms with van der Waals surface area (Å²) in [5, 5.41) is 5.92. The number of hydrogen-bond acceptors (Lipinski definition) is 4. The largest absolute Gasteiger partial charge is 0.377 e. The fourth-order valence-electron chi connectivity index (χ4n) is 3.43. The third-order valence-corrected chi connectivity index (χ3v) is 5.26. The van der Waals surface area contributed by atoms with Crippen LogP contribution in [0.25, 0.3) is 0 Å². The first-order valence-electron chi connectivity index (χ1n) is 9.86. The van der Waals surface area contributed by atoms with Gasteiger partial charge < -0.3 is 15.4 Å². The summed E-state index contributed by atoms with van der Waals surface area (Å²) in [6, 6.07) is 13.5. The van der Waals surface area contributed by atoms with Gasteiger partial charge in [0.25, 0.3) is 5.92 Å². The van der Waals surface area contributed by atoms with E-state index in [0.29, 0.717) is 30.8 Å². The van der Waals surface area contributed by atoms with Gasteiger partial charge in [0, 0.05) is 43.9 Å². The Kier molecular flexibility index (Phi) is 7.90. The lowest BCUT2D eigenvalue weighted by Gasteiger charge is -2.17. The van der Waals surface area contributed by atoms with Gasteiger partial charge in [0.2, 0.25) is 5.91 Å². The minimum Gasteiger partial charge on any atom is -0.377 e. The summed E-state index contributed by atoms with van der Waals surface area (Å²) in [6.07, 6.45) is 1.62. The van der Waals surface area contributed by atoms with E-state index >= 15 is 0 Å². The number of ketones is 1. The first kappa shape index (κ1) is 24.5. The number of amides is 1. The van der Waals surface area contributed by atoms with Crippen LogP contribution in [0.15, 0.2) is 48.5 Å². The number of carbonyl (C=O) groups is 2. The molecule has 5 nitrogen and oxygen atoms in total. The molecule has 1 saturated carbocycles. The molecule has 1 aliphatic carbocycles. The van der Waals surface area contributed by atoms with Crippen LogP contribution in [0.5, 0.6) is 0 Å². The summed E-state index contributed by atoms with van der Waals surface area (Å²) in [6.45, 7) is 1.23. The average molecular weight is 433 g/mol. The van der Waals surface area contributed by atoms with Gasteiger partial charge in [0.15, 0.2) is 5.78 Å². The number of carbonyl (C=O) groups excluding carboxylic acids is 2. The number of rotatable bonds is 10. The van der Waals surface area contributed by atoms with E-state index in [1.54, 1.807) is 30.3 Å². The molecule has 0 heterocycles. The summed E-state index contributed by atoms with van der Waals surface area (Å²) in [5.41, 5.74) is 1.24. The zero-order valence-corrected chi connectivity index (χ0v) is 17.1. The highest BCUT2D eigenvalue weighted by molar-refractivity contribution is 5.92. The van der Waals surface area contributed by atoms with Crippen LogP contribution in [-0.4, -0.2) is 25.4 Å². The molecular formula is C24H30F2N2O3. The van der Waals surface area contributed by atoms with Crippen molar-refractivity contribution in [2.45, 2.75) is 46.1 Å². The second-order valence-electron chi connectivity index (χ2n) is 7.87. The van der Waals surface area contributed by atoms with Crippen LogP contribution >= 0.6 is 0 Å². The number of alkyl halides is 2. The molecule has 1 aliphatic rings. The quantitative estimate of drug-likeness (QED) is 0.543. The van der Waals surface area contributed by atoms with Crippen molar-refractivity contribution in [3.8, 4) is 0 Å². The third kappa shape index (κ3) is 6.34. The fraction of sp³-hybridized carbons (Fsp3) is 0.417. The molecule has 0 unspecified atom stereocenters. The first-order valence-corrected chi connectivity index (χ1v) is 9.86. The van der Waals surface area contributed by atoms with Crippen molar-refractivity contribution in [2.75, 3.05) is 19.0 Å². The molecule has 31 heavy (non-hydrogen) atoms. The highest BCUT2D eigenvalue weighted by Crippen LogP contribution is 2.49. The third-order valence-electron chi connectivity index (χ3n) is 5.26. The molecule has 0 radical (unpaired) electrons. The van der Waals surface area contributed by atoms with E-state index < -0.39 is 11.3 Å². The Hall–Kier alpha value is -2.80. The van der Waals surface area contributed by atoms with Crippen molar-refractivity contribution in [1.29, 1.82) is 0 Å². The normalized spacial score (nSPS) is 14.3. The Morgan fingerprint density at radius 1 is 1.10 bits per heavy atom. The van der Waals surface area contributed by atoms with Crippen LogP contribution in [0.2, 0.25) is 0 Å². The van der Waals surface area contributed by atoms with E-state index in [0.717, 1.165) is 12.5 Å². The number of methoxy groups -OCH3 is 1. The van der Waals surface area contributed by atoms with E-state index in [2.05, 4.69) is 10.6 Å². The molecule has 1 amide bonds. The molecule has 1 fully saturated rings. The maximum atomic E-state index is 13.8. The second kappa shape index (κ2) is 10.0. The summed E-state index contributed by atoms with van der Waals surface area (Å²) in [4.78, 5) is 24.3. The van der Waals surface area contributed by atoms with E-state index in [-0.39, 0.29) is 37.7 Å². The number of hydrogen-bond donors (Lipinski definition) is 2. The molecule has 0 saturated heterocycles. The summed E-state index contributed by atoms with van der Waals surface area (Å²) >= 11 is 0. The molecule has 2 aromatic carbocycles. The molecule has 168 valence electrons. The lowest BCUT2D eigenvalue weighted by molar-refractivity contribution is -0.132. The van der Waals surface area contributed by atoms with Crippen molar-refractivity contribution < 1.29 is 23.1 Å². The molecule has 0 aliphatic heterocycles. The second-order valence-corrected chi connectivity index (χ2v) is 7.87. The molecule has 2 N–H and O–H groups in total. The zero-order valence-electron chi connectivity index (χ0n) is 17.1. The molecule has 0 atom stereocenters. The Balaban J connectivity index is 0.00000341. The van der Waals surface area contributed by atoms with E-state index in [1.165, 1.54) is 13.2 Å². The molecule has 0 aromatic heterocycles. The number of halogens is 2. The van der Waals surface area contributed by atoms with Crippen molar-refractivity contribution in [3.63, 3.8) is 0 Å². The van der Waals surface area contributed by atoms with Gasteiger partial charge in [0.05, 0.1) is 5.41 Å². The van der Waals surface area contributed by atoms with Crippen molar-refractivity contribution >= 4 is 23.1 Å². The highest BCUT2D eigenvalue weighted by Gasteiger charge is 2.50. The van der Waals surface area contributed by atoms with Gasteiger partial charge in [-0.25, -0.2) is 8.78 Å². The van der Waals surface area contributed by atoms with Gasteiger partial charge >= 0.3 is 0 Å². The minimum absolute atomic E-state index is 0. The first-order chi connectivity index (χ1) is 14.2. The average Bonchev–Trinajstić information content (AvgIpc) is 3.47. The lowest BCUT2D eigenvalue weighted by Crippen LogP contribution is -2.33. The minimum atomic E-state index is -2.95. The fourth-order valence-corrected chi connectivity index (χ4v) is 3.43. The van der Waals surface area contributed by atoms with Crippen LogP contribution in [0.1, 0.15) is 44.7 Å². The van der Waals surface area contributed by atoms with Gasteiger partial charge in [-0.3, -0.25) is 9.59 Å². The van der Waals surface area contributed by atoms with Gasteiger partial charge in [-0.05, 0) is 36.6 Å². The van der Waals surface area contributed by atoms with Crippen LogP contribution in [-0.2, 0) is 26.8 Å². The molecule has 2 aromatic rings. The van der Waals surface area contributed by atoms with Crippen molar-refractivity contribution in [3.05, 3.63) is 59.7 Å². The topological polar surface area (TPSA) is 67.4 Å². The standard InChI is InChI=1S/C23H26F2N2O3.CH4/c1-22(24,25)19-5-3-4-6-20(19)27-17-9-7-16(8-10-17)14-26-21(29)23(11-12-23)13-18(28)15-30-2;/h3-10,27H,11-15H2,1-2H3,(H,26,29);1H4. The van der Waals surface area contributed by atoms with Crippen molar-refractivity contribution in [2.24, 2.45) is 5.41 Å². The van der Waals surface area contributed by atoms with Crippen molar-refractivity contribution in [1.82, 2.24) is 5.32 Å². The number of para-hydroxylation sites is 1. The van der Waals surface area contributed by atoms with E-state index in [4.69, 9.17) is 4.74 Å². The summed E-state index contributed by atoms with van der Waals surface area (Å²) in [5.74, 6) is -3.14. The molecule has 3 rings (SSSR count). The Bertz CT molecular complexity index is 904. The predicted octanol–water partition coefficient (Wildman–Crippen LogP) is 5.18. The Morgan fingerprint density at radius 2 is 1.74 bits per heavy atom. The highest BCUT2D eigenvalue weighted by atomic mass is 19.3. The Morgan fingerprint density at radius 3 is 2.32 bits per heavy atom. The van der Waals surface area contributed by atoms with Gasteiger partial charge in [0.1, 0.15) is 6.61 Å². The smallest absolute Gasteiger partial charge is 0.272 e. The lowest BCUT2D eigenvalue weighted by atomic mass is 9.98. The predicted molar refractivity (Wildman–Crippen MR) is 117 cm³/mol. The number of ether oxygens (including phenoxy) is 1. The molecule has 0 spiro atoms. The van der Waals surface area contributed by atoms with E-state index in [9.17, 15) is 18.4 Å². The number of benzene rings is 2. The molecule has 0 bridgehead atoms. The molecule has 7 heteroatoms. The number of nitrogens with one attached hydrogen (secondary N) is 2. The van der Waals surface area contributed by atoms with Gasteiger partial charge in [-0.1, -0.05) is 37.8 Å². The zero-order chi connectivity index (χ0) is 21.8. The molecular weight excluding hydrogens is 402 g/mol. The maximum Gasteiger partial charge on any atom is 0.272 e. The van der Waals surface area contributed by atoms with Gasteiger partial charge in [-0.15, -0.1) is 0 Å². The Labute approximate surface area is 182 Å². The van der Waals surface area contributed by atoms with Crippen LogP contribution in [0.3, 0.4) is 0 Å². The number of anilines is 2. The maximum absolute atomic E-state index is 13.8. The summed E-state index contributed by atoms with van der Waals surface area (Å²) in [7, 11) is 1.46. The van der Waals surface area contributed by atoms with Crippen LogP contribution in [0.4, 0.5) is 20.2 Å². The van der Waals surface area contributed by atoms with Gasteiger partial charge in [-0.2, -0.15) is 0 Å². The number of Topliss-reactive ketones (excluding diaryl/α,β-unsaturated/α-hetero) is 1. The SMILES string of the molecule is C.COCC(=O)CC1(C(=O)NCc2ccc(Nc3ccccc3C(C)(F)F)cc2)CC1. The van der Waals surface area contributed by atoms with Crippen LogP contribution < -0.4 is 10.6 Å². The summed E-state index contributed by atoms with van der Waals surface area (Å²) < 4.78 is 32.4.